The minimum absolute atomic E-state index is 0.132. The van der Waals surface area contributed by atoms with Crippen molar-refractivity contribution < 1.29 is 41.8 Å². The Bertz CT molecular complexity index is 1730. The van der Waals surface area contributed by atoms with Crippen molar-refractivity contribution in [2.75, 3.05) is 23.8 Å². The molecule has 2 amide bonds. The lowest BCUT2D eigenvalue weighted by molar-refractivity contribution is -0.192. The number of aliphatic carboxylic acids is 1. The summed E-state index contributed by atoms with van der Waals surface area (Å²) < 4.78 is 45.3. The lowest BCUT2D eigenvalue weighted by Crippen LogP contribution is -2.22. The maximum Gasteiger partial charge on any atom is 0.490 e. The van der Waals surface area contributed by atoms with Crippen LogP contribution in [0.25, 0.3) is 28.3 Å². The zero-order chi connectivity index (χ0) is 31.1. The molecule has 0 fully saturated rings. The Morgan fingerprint density at radius 2 is 1.81 bits per heavy atom. The predicted octanol–water partition coefficient (Wildman–Crippen LogP) is 2.98. The molecule has 0 saturated carbocycles. The van der Waals surface area contributed by atoms with E-state index in [0.29, 0.717) is 53.5 Å². The molecule has 5 aromatic rings. The number of fused-ring (bicyclic) bond motifs is 3. The molecule has 43 heavy (non-hydrogen) atoms. The Morgan fingerprint density at radius 1 is 1.09 bits per heavy atom. The van der Waals surface area contributed by atoms with Crippen LogP contribution in [0.5, 0.6) is 0 Å². The van der Waals surface area contributed by atoms with Crippen molar-refractivity contribution in [3.63, 3.8) is 0 Å². The van der Waals surface area contributed by atoms with E-state index < -0.39 is 18.2 Å². The van der Waals surface area contributed by atoms with Crippen LogP contribution in [0.15, 0.2) is 53.3 Å². The molecule has 0 aliphatic rings. The number of carboxylic acid groups (broad SMARTS) is 1. The summed E-state index contributed by atoms with van der Waals surface area (Å²) in [4.78, 5) is 42.5. The van der Waals surface area contributed by atoms with Gasteiger partial charge >= 0.3 is 24.1 Å². The number of nitrogens with two attached hydrogens (primary N) is 1. The van der Waals surface area contributed by atoms with Gasteiger partial charge in [0, 0.05) is 18.9 Å². The van der Waals surface area contributed by atoms with Gasteiger partial charge in [-0.3, -0.25) is 14.8 Å². The Morgan fingerprint density at radius 3 is 2.44 bits per heavy atom. The van der Waals surface area contributed by atoms with Crippen LogP contribution >= 0.6 is 0 Å². The van der Waals surface area contributed by atoms with E-state index in [9.17, 15) is 22.8 Å². The molecule has 0 aliphatic heterocycles. The van der Waals surface area contributed by atoms with Gasteiger partial charge in [-0.1, -0.05) is 12.1 Å². The van der Waals surface area contributed by atoms with E-state index in [1.165, 1.54) is 10.8 Å². The van der Waals surface area contributed by atoms with Crippen molar-refractivity contribution in [3.05, 3.63) is 54.4 Å². The van der Waals surface area contributed by atoms with Crippen LogP contribution in [0, 0.1) is 0 Å². The van der Waals surface area contributed by atoms with Crippen LogP contribution in [0.4, 0.5) is 29.6 Å². The van der Waals surface area contributed by atoms with E-state index in [-0.39, 0.29) is 18.3 Å². The largest absolute Gasteiger partial charge is 0.490 e. The van der Waals surface area contributed by atoms with Crippen molar-refractivity contribution >= 4 is 46.3 Å². The van der Waals surface area contributed by atoms with Crippen LogP contribution in [0.1, 0.15) is 12.0 Å². The van der Waals surface area contributed by atoms with Crippen LogP contribution < -0.4 is 16.4 Å². The first kappa shape index (κ1) is 30.4. The molecule has 4 aromatic heterocycles. The summed E-state index contributed by atoms with van der Waals surface area (Å²) in [5, 5.41) is 22.0. The number of rotatable bonds is 8. The number of nitrogens with zero attached hydrogens (tertiary/aromatic N) is 6. The number of anilines is 2. The number of aryl methyl sites for hydroxylation is 1. The summed E-state index contributed by atoms with van der Waals surface area (Å²) in [7, 11) is 1.77. The van der Waals surface area contributed by atoms with Gasteiger partial charge in [-0.25, -0.2) is 14.6 Å². The zero-order valence-corrected chi connectivity index (χ0v) is 22.3. The number of benzene rings is 1. The fraction of sp³-hybridized carbons (Fsp3) is 0.240. The molecule has 0 spiro atoms. The summed E-state index contributed by atoms with van der Waals surface area (Å²) in [6.07, 6.45) is -1.02. The highest BCUT2D eigenvalue weighted by atomic mass is 19.4. The smallest absolute Gasteiger partial charge is 0.475 e. The van der Waals surface area contributed by atoms with Crippen molar-refractivity contribution in [3.8, 4) is 11.6 Å². The van der Waals surface area contributed by atoms with E-state index in [2.05, 4.69) is 30.8 Å². The predicted molar refractivity (Wildman–Crippen MR) is 144 cm³/mol. The molecule has 5 N–H and O–H groups in total. The summed E-state index contributed by atoms with van der Waals surface area (Å²) in [5.74, 6) is -2.12. The number of nitrogens with one attached hydrogen (secondary N) is 2. The molecule has 0 atom stereocenters. The Balaban J connectivity index is 0.000000541. The third-order valence-electron chi connectivity index (χ3n) is 5.45. The maximum atomic E-state index is 12.8. The first-order chi connectivity index (χ1) is 20.4. The molecule has 0 bridgehead atoms. The molecular formula is C25H24F3N9O6. The standard InChI is InChI=1S/C23H23N9O4.C2HF3O2/c1-31-13-16-19(29-31)27-22(32-21(16)26-20(30-32)17-4-2-10-35-17)28-23(34)25-15-7-5-14(6-8-15)12-18(33)36-11-3-9-24;3-2(4,5)1(6)7/h2,4-8,10,13H,3,9,11-12,24H2,1H3,(H2,25,27,28,29,34);(H,6,7). The first-order valence-corrected chi connectivity index (χ1v) is 12.4. The minimum atomic E-state index is -5.08. The molecule has 5 rings (SSSR count). The Kier molecular flexibility index (Phi) is 9.19. The van der Waals surface area contributed by atoms with Gasteiger partial charge in [0.1, 0.15) is 0 Å². The Hall–Kier alpha value is -5.52. The molecule has 1 aromatic carbocycles. The fourth-order valence-corrected chi connectivity index (χ4v) is 3.55. The molecular weight excluding hydrogens is 579 g/mol. The van der Waals surface area contributed by atoms with Crippen LogP contribution in [0.3, 0.4) is 0 Å². The Labute approximate surface area is 239 Å². The van der Waals surface area contributed by atoms with Gasteiger partial charge in [0.05, 0.1) is 24.7 Å². The van der Waals surface area contributed by atoms with Crippen molar-refractivity contribution in [2.45, 2.75) is 19.0 Å². The molecule has 226 valence electrons. The first-order valence-electron chi connectivity index (χ1n) is 12.4. The second-order valence-corrected chi connectivity index (χ2v) is 8.74. The monoisotopic (exact) mass is 603 g/mol. The van der Waals surface area contributed by atoms with Gasteiger partial charge in [0.2, 0.25) is 11.8 Å². The molecule has 0 saturated heterocycles. The summed E-state index contributed by atoms with van der Waals surface area (Å²) in [6, 6.07) is 9.80. The van der Waals surface area contributed by atoms with Gasteiger partial charge < -0.3 is 25.3 Å². The van der Waals surface area contributed by atoms with Crippen LogP contribution in [-0.4, -0.2) is 71.8 Å². The van der Waals surface area contributed by atoms with Gasteiger partial charge in [-0.15, -0.1) is 5.10 Å². The SMILES string of the molecule is Cn1cc2c(nc(NC(=O)Nc3ccc(CC(=O)OCCCN)cc3)n3nc(-c4ccco4)nc23)n1.O=C(O)C(F)(F)F. The van der Waals surface area contributed by atoms with Gasteiger partial charge in [0.25, 0.3) is 0 Å². The number of carbonyl (C=O) groups is 3. The molecule has 15 nitrogen and oxygen atoms in total. The van der Waals surface area contributed by atoms with Gasteiger partial charge in [-0.05, 0) is 42.8 Å². The molecule has 4 heterocycles. The number of carbonyl (C=O) groups excluding carboxylic acids is 2. The van der Waals surface area contributed by atoms with Crippen molar-refractivity contribution in [1.82, 2.24) is 29.4 Å². The number of esters is 1. The summed E-state index contributed by atoms with van der Waals surface area (Å²) in [5.41, 5.74) is 7.56. The number of urea groups is 1. The third kappa shape index (κ3) is 7.82. The second kappa shape index (κ2) is 13.0. The van der Waals surface area contributed by atoms with Gasteiger partial charge in [0.15, 0.2) is 17.1 Å². The second-order valence-electron chi connectivity index (χ2n) is 8.74. The van der Waals surface area contributed by atoms with E-state index in [1.54, 1.807) is 54.3 Å². The average Bonchev–Trinajstić information content (AvgIpc) is 3.69. The number of furan rings is 1. The van der Waals surface area contributed by atoms with E-state index in [0.717, 1.165) is 5.56 Å². The van der Waals surface area contributed by atoms with E-state index in [4.69, 9.17) is 24.8 Å². The lowest BCUT2D eigenvalue weighted by atomic mass is 10.1. The number of hydrogen-bond donors (Lipinski definition) is 4. The minimum Gasteiger partial charge on any atom is -0.475 e. The molecule has 0 aliphatic carbocycles. The summed E-state index contributed by atoms with van der Waals surface area (Å²) >= 11 is 0. The summed E-state index contributed by atoms with van der Waals surface area (Å²) in [6.45, 7) is 0.768. The number of carboxylic acids is 1. The van der Waals surface area contributed by atoms with E-state index in [1.807, 2.05) is 0 Å². The molecule has 18 heteroatoms. The highest BCUT2D eigenvalue weighted by Gasteiger charge is 2.38. The number of alkyl halides is 3. The highest BCUT2D eigenvalue weighted by Crippen LogP contribution is 2.24. The quantitative estimate of drug-likeness (QED) is 0.150. The number of halogens is 3. The van der Waals surface area contributed by atoms with Crippen LogP contribution in [0.2, 0.25) is 0 Å². The lowest BCUT2D eigenvalue weighted by Gasteiger charge is -2.09. The number of aromatic nitrogens is 6. The topological polar surface area (TPSA) is 205 Å². The molecule has 0 radical (unpaired) electrons. The van der Waals surface area contributed by atoms with E-state index >= 15 is 0 Å². The number of hydrogen-bond acceptors (Lipinski definition) is 10. The highest BCUT2D eigenvalue weighted by molar-refractivity contribution is 6.00. The zero-order valence-electron chi connectivity index (χ0n) is 22.3. The van der Waals surface area contributed by atoms with Crippen molar-refractivity contribution in [2.24, 2.45) is 12.8 Å². The number of amides is 2. The number of ether oxygens (including phenoxy) is 1. The van der Waals surface area contributed by atoms with Crippen molar-refractivity contribution in [1.29, 1.82) is 0 Å². The average molecular weight is 604 g/mol. The molecule has 0 unspecified atom stereocenters. The van der Waals surface area contributed by atoms with Crippen LogP contribution in [-0.2, 0) is 27.8 Å². The fourth-order valence-electron chi connectivity index (χ4n) is 3.55. The third-order valence-corrected chi connectivity index (χ3v) is 5.45. The maximum absolute atomic E-state index is 12.8. The van der Waals surface area contributed by atoms with Gasteiger partial charge in [-0.2, -0.15) is 27.8 Å². The normalized spacial score (nSPS) is 11.2.